The summed E-state index contributed by atoms with van der Waals surface area (Å²) in [4.78, 5) is 0. The number of rotatable bonds is 8. The van der Waals surface area contributed by atoms with Crippen molar-refractivity contribution in [3.63, 3.8) is 0 Å². The van der Waals surface area contributed by atoms with Crippen LogP contribution in [0.4, 0.5) is 0 Å². The van der Waals surface area contributed by atoms with E-state index in [2.05, 4.69) is 0 Å². The quantitative estimate of drug-likeness (QED) is 0.784. The standard InChI is InChI=1S/C18H22O3/c19-11-9-15-5-1-3-7-17(15)13-21-14-18-8-4-2-6-16(18)10-12-20/h1-8,19-20H,9-14H2. The summed E-state index contributed by atoms with van der Waals surface area (Å²) < 4.78 is 5.82. The van der Waals surface area contributed by atoms with E-state index in [0.29, 0.717) is 26.1 Å². The highest BCUT2D eigenvalue weighted by Crippen LogP contribution is 2.14. The number of hydrogen-bond donors (Lipinski definition) is 2. The average Bonchev–Trinajstić information content (AvgIpc) is 2.51. The molecule has 0 aromatic heterocycles. The number of aliphatic hydroxyl groups is 2. The van der Waals surface area contributed by atoms with Crippen LogP contribution in [0.3, 0.4) is 0 Å². The Morgan fingerprint density at radius 2 is 1.00 bits per heavy atom. The molecule has 0 saturated carbocycles. The fourth-order valence-corrected chi connectivity index (χ4v) is 2.40. The Labute approximate surface area is 125 Å². The molecule has 0 spiro atoms. The minimum absolute atomic E-state index is 0.149. The molecular weight excluding hydrogens is 264 g/mol. The maximum atomic E-state index is 9.08. The zero-order valence-electron chi connectivity index (χ0n) is 12.2. The van der Waals surface area contributed by atoms with Gasteiger partial charge in [-0.15, -0.1) is 0 Å². The van der Waals surface area contributed by atoms with Gasteiger partial charge in [-0.3, -0.25) is 0 Å². The van der Waals surface area contributed by atoms with Gasteiger partial charge in [-0.2, -0.15) is 0 Å². The molecule has 0 unspecified atom stereocenters. The SMILES string of the molecule is OCCc1ccccc1COCc1ccccc1CCO. The molecule has 3 heteroatoms. The second kappa shape index (κ2) is 8.57. The van der Waals surface area contributed by atoms with E-state index in [4.69, 9.17) is 14.9 Å². The first-order chi connectivity index (χ1) is 10.3. The first kappa shape index (κ1) is 15.7. The maximum Gasteiger partial charge on any atom is 0.0724 e. The molecule has 2 N–H and O–H groups in total. The molecule has 0 radical (unpaired) electrons. The van der Waals surface area contributed by atoms with E-state index in [1.165, 1.54) is 0 Å². The normalized spacial score (nSPS) is 10.8. The van der Waals surface area contributed by atoms with Crippen LogP contribution in [0, 0.1) is 0 Å². The second-order valence-electron chi connectivity index (χ2n) is 4.98. The van der Waals surface area contributed by atoms with E-state index in [9.17, 15) is 0 Å². The van der Waals surface area contributed by atoms with Crippen molar-refractivity contribution in [3.8, 4) is 0 Å². The fourth-order valence-electron chi connectivity index (χ4n) is 2.40. The van der Waals surface area contributed by atoms with Crippen molar-refractivity contribution in [3.05, 3.63) is 70.8 Å². The van der Waals surface area contributed by atoms with Crippen molar-refractivity contribution in [1.82, 2.24) is 0 Å². The van der Waals surface area contributed by atoms with E-state index < -0.39 is 0 Å². The monoisotopic (exact) mass is 286 g/mol. The highest BCUT2D eigenvalue weighted by molar-refractivity contribution is 5.28. The summed E-state index contributed by atoms with van der Waals surface area (Å²) in [6.45, 7) is 1.36. The molecule has 0 bridgehead atoms. The van der Waals surface area contributed by atoms with Crippen molar-refractivity contribution in [2.75, 3.05) is 13.2 Å². The van der Waals surface area contributed by atoms with Gasteiger partial charge >= 0.3 is 0 Å². The molecular formula is C18H22O3. The molecule has 2 aromatic rings. The van der Waals surface area contributed by atoms with Gasteiger partial charge in [0.15, 0.2) is 0 Å². The third-order valence-corrected chi connectivity index (χ3v) is 3.51. The van der Waals surface area contributed by atoms with Crippen LogP contribution in [-0.4, -0.2) is 23.4 Å². The van der Waals surface area contributed by atoms with Gasteiger partial charge in [-0.1, -0.05) is 48.5 Å². The minimum Gasteiger partial charge on any atom is -0.396 e. The molecule has 2 rings (SSSR count). The van der Waals surface area contributed by atoms with E-state index in [1.54, 1.807) is 0 Å². The lowest BCUT2D eigenvalue weighted by molar-refractivity contribution is 0.105. The second-order valence-corrected chi connectivity index (χ2v) is 4.98. The van der Waals surface area contributed by atoms with Crippen molar-refractivity contribution < 1.29 is 14.9 Å². The summed E-state index contributed by atoms with van der Waals surface area (Å²) in [5, 5.41) is 18.2. The van der Waals surface area contributed by atoms with Crippen LogP contribution in [-0.2, 0) is 30.8 Å². The molecule has 0 amide bonds. The molecule has 0 saturated heterocycles. The van der Waals surface area contributed by atoms with Gasteiger partial charge in [-0.05, 0) is 35.1 Å². The summed E-state index contributed by atoms with van der Waals surface area (Å²) in [5.74, 6) is 0. The van der Waals surface area contributed by atoms with Crippen molar-refractivity contribution in [2.24, 2.45) is 0 Å². The Morgan fingerprint density at radius 3 is 1.38 bits per heavy atom. The number of ether oxygens (including phenoxy) is 1. The summed E-state index contributed by atoms with van der Waals surface area (Å²) in [5.41, 5.74) is 4.49. The van der Waals surface area contributed by atoms with E-state index >= 15 is 0 Å². The van der Waals surface area contributed by atoms with Gasteiger partial charge in [0.25, 0.3) is 0 Å². The Kier molecular flexibility index (Phi) is 6.41. The molecule has 0 fully saturated rings. The summed E-state index contributed by atoms with van der Waals surface area (Å²) in [7, 11) is 0. The molecule has 0 heterocycles. The molecule has 3 nitrogen and oxygen atoms in total. The summed E-state index contributed by atoms with van der Waals surface area (Å²) in [6.07, 6.45) is 1.31. The topological polar surface area (TPSA) is 49.7 Å². The van der Waals surface area contributed by atoms with Gasteiger partial charge in [0.1, 0.15) is 0 Å². The van der Waals surface area contributed by atoms with Gasteiger partial charge in [0.05, 0.1) is 13.2 Å². The number of aliphatic hydroxyl groups excluding tert-OH is 2. The number of hydrogen-bond acceptors (Lipinski definition) is 3. The van der Waals surface area contributed by atoms with Crippen LogP contribution < -0.4 is 0 Å². The lowest BCUT2D eigenvalue weighted by Crippen LogP contribution is -2.03. The molecule has 0 atom stereocenters. The van der Waals surface area contributed by atoms with Gasteiger partial charge in [-0.25, -0.2) is 0 Å². The van der Waals surface area contributed by atoms with Gasteiger partial charge < -0.3 is 14.9 Å². The zero-order valence-corrected chi connectivity index (χ0v) is 12.2. The van der Waals surface area contributed by atoms with Crippen molar-refractivity contribution in [1.29, 1.82) is 0 Å². The van der Waals surface area contributed by atoms with E-state index in [1.807, 2.05) is 48.5 Å². The molecule has 0 aliphatic rings. The Hall–Kier alpha value is -1.68. The van der Waals surface area contributed by atoms with Gasteiger partial charge in [0, 0.05) is 13.2 Å². The highest BCUT2D eigenvalue weighted by atomic mass is 16.5. The van der Waals surface area contributed by atoms with Crippen LogP contribution in [0.2, 0.25) is 0 Å². The molecule has 0 aliphatic carbocycles. The Bertz CT molecular complexity index is 502. The van der Waals surface area contributed by atoms with E-state index in [0.717, 1.165) is 22.3 Å². The maximum absolute atomic E-state index is 9.08. The Morgan fingerprint density at radius 1 is 0.619 bits per heavy atom. The fraction of sp³-hybridized carbons (Fsp3) is 0.333. The highest BCUT2D eigenvalue weighted by Gasteiger charge is 2.04. The van der Waals surface area contributed by atoms with Crippen molar-refractivity contribution >= 4 is 0 Å². The first-order valence-corrected chi connectivity index (χ1v) is 7.28. The molecule has 2 aromatic carbocycles. The lowest BCUT2D eigenvalue weighted by atomic mass is 10.0. The van der Waals surface area contributed by atoms with Crippen LogP contribution in [0.5, 0.6) is 0 Å². The largest absolute Gasteiger partial charge is 0.396 e. The molecule has 0 aliphatic heterocycles. The van der Waals surface area contributed by atoms with Crippen molar-refractivity contribution in [2.45, 2.75) is 26.1 Å². The van der Waals surface area contributed by atoms with E-state index in [-0.39, 0.29) is 13.2 Å². The van der Waals surface area contributed by atoms with Crippen LogP contribution in [0.15, 0.2) is 48.5 Å². The third kappa shape index (κ3) is 4.67. The number of benzene rings is 2. The zero-order chi connectivity index (χ0) is 14.9. The van der Waals surface area contributed by atoms with Gasteiger partial charge in [0.2, 0.25) is 0 Å². The van der Waals surface area contributed by atoms with Crippen LogP contribution in [0.1, 0.15) is 22.3 Å². The predicted molar refractivity (Wildman–Crippen MR) is 83.0 cm³/mol. The smallest absolute Gasteiger partial charge is 0.0724 e. The molecule has 112 valence electrons. The predicted octanol–water partition coefficient (Wildman–Crippen LogP) is 2.47. The Balaban J connectivity index is 1.95. The van der Waals surface area contributed by atoms with Crippen LogP contribution in [0.25, 0.3) is 0 Å². The summed E-state index contributed by atoms with van der Waals surface area (Å²) >= 11 is 0. The summed E-state index contributed by atoms with van der Waals surface area (Å²) in [6, 6.07) is 16.0. The first-order valence-electron chi connectivity index (χ1n) is 7.28. The molecule has 21 heavy (non-hydrogen) atoms. The lowest BCUT2D eigenvalue weighted by Gasteiger charge is -2.11. The average molecular weight is 286 g/mol. The minimum atomic E-state index is 0.149. The van der Waals surface area contributed by atoms with Crippen LogP contribution >= 0.6 is 0 Å². The third-order valence-electron chi connectivity index (χ3n) is 3.51.